The van der Waals surface area contributed by atoms with E-state index in [1.54, 1.807) is 42.5 Å². The molecule has 0 aliphatic heterocycles. The number of pyridine rings is 1. The maximum absolute atomic E-state index is 13.1. The zero-order valence-corrected chi connectivity index (χ0v) is 38.3. The average Bonchev–Trinajstić information content (AvgIpc) is 1.64. The molecule has 4 nitrogen and oxygen atoms in total. The van der Waals surface area contributed by atoms with Gasteiger partial charge in [-0.05, 0) is 92.2 Å². The predicted octanol–water partition coefficient (Wildman–Crippen LogP) is 15.8. The van der Waals surface area contributed by atoms with E-state index >= 15 is 0 Å². The number of aromatic hydroxyl groups is 1. The van der Waals surface area contributed by atoms with Crippen molar-refractivity contribution < 1.29 is 60.4 Å². The zero-order chi connectivity index (χ0) is 66.2. The van der Waals surface area contributed by atoms with E-state index in [1.165, 1.54) is 22.9 Å². The first-order chi connectivity index (χ1) is 40.0. The van der Waals surface area contributed by atoms with Crippen molar-refractivity contribution in [3.05, 3.63) is 167 Å². The Labute approximate surface area is 431 Å². The van der Waals surface area contributed by atoms with Crippen LogP contribution in [0.5, 0.6) is 5.75 Å². The second kappa shape index (κ2) is 17.1. The summed E-state index contributed by atoms with van der Waals surface area (Å²) in [6.07, 6.45) is 1.36. The van der Waals surface area contributed by atoms with Crippen LogP contribution < -0.4 is 0 Å². The molecular weight excluding hydrogens is 962 g/mol. The third kappa shape index (κ3) is 9.18. The van der Waals surface area contributed by atoms with E-state index < -0.39 is 128 Å². The molecule has 8 aromatic rings. The molecule has 0 amide bonds. The molecule has 0 radical (unpaired) electrons. The van der Waals surface area contributed by atoms with Crippen LogP contribution in [0.1, 0.15) is 145 Å². The number of hydrogen-bond donors (Lipinski definition) is 1. The number of para-hydroxylation sites is 1. The average molecular weight is 1050 g/mol. The van der Waals surface area contributed by atoms with Gasteiger partial charge in [0.15, 0.2) is 0 Å². The molecule has 0 unspecified atom stereocenters. The largest absolute Gasteiger partial charge is 0.507 e. The van der Waals surface area contributed by atoms with Gasteiger partial charge in [0.2, 0.25) is 0 Å². The number of phenols is 1. The molecule has 0 aliphatic carbocycles. The standard InChI is InChI=1S/C59H62N3O.Pt/c1-37-22-24-39(25-23-37)41-28-29-60-50(34-41)43-30-42(31-44(32-43)56(2,3)4)46-20-17-21-52-53(46)61-55(47-35-45(57(5,6)7)36-49(54(47)63)59(11,12)13)62(52)51-27-26-40(33-48(51)58(8,9)10)38-18-15-14-16-19-38;/h14-29,31-36,63H,1-13H3;/q-1;/i1D3,5D3,6D3,7D3,11D3,12D3,13D3,22D,23D,24D,25D;. The number of hydrogen-bond acceptors (Lipinski definition) is 3. The summed E-state index contributed by atoms with van der Waals surface area (Å²) in [5, 5.41) is 13.1. The molecule has 2 aromatic heterocycles. The summed E-state index contributed by atoms with van der Waals surface area (Å²) in [6, 6.07) is 27.5. The molecule has 0 saturated heterocycles. The van der Waals surface area contributed by atoms with Crippen molar-refractivity contribution in [1.82, 2.24) is 14.5 Å². The van der Waals surface area contributed by atoms with E-state index in [1.807, 2.05) is 77.9 Å². The van der Waals surface area contributed by atoms with E-state index in [-0.39, 0.29) is 66.2 Å². The monoisotopic (exact) mass is 1050 g/mol. The van der Waals surface area contributed by atoms with Gasteiger partial charge < -0.3 is 5.11 Å². The van der Waals surface area contributed by atoms with Gasteiger partial charge in [-0.2, -0.15) is 0 Å². The molecular formula is C59H62N3OPt-. The summed E-state index contributed by atoms with van der Waals surface area (Å²) in [5.74, 6) is -1.93. The van der Waals surface area contributed by atoms with Crippen LogP contribution in [0.25, 0.3) is 72.7 Å². The number of rotatable bonds is 6. The molecule has 0 spiro atoms. The number of nitrogens with zero attached hydrogens (tertiary/aromatic N) is 3. The Morgan fingerprint density at radius 1 is 0.594 bits per heavy atom. The number of imidazole rings is 1. The SMILES string of the molecule is [2H]c1c([2H])c(C([2H])([2H])[2H])c([2H])c([2H])c1-c1ccnc(-c2[c-]c(-c3cccc4c3nc(-c3cc(C(C([2H])([2H])[2H])(C([2H])([2H])[2H])C([2H])([2H])[2H])cc(C(C([2H])([2H])[2H])(C([2H])([2H])[2H])C([2H])([2H])[2H])c3O)n4-c3ccc(-c4ccccc4)cc3C(C)(C)C)cc(C(C)(C)C)c2)c1.[Pt]. The van der Waals surface area contributed by atoms with Gasteiger partial charge >= 0.3 is 0 Å². The van der Waals surface area contributed by atoms with Crippen molar-refractivity contribution in [3.8, 4) is 67.5 Å². The van der Waals surface area contributed by atoms with Crippen LogP contribution in [0, 0.1) is 12.9 Å². The summed E-state index contributed by atoms with van der Waals surface area (Å²) in [6.45, 7) is -16.5. The summed E-state index contributed by atoms with van der Waals surface area (Å²) < 4.78 is 218. The first-order valence-corrected chi connectivity index (χ1v) is 20.2. The number of fused-ring (bicyclic) bond motifs is 1. The molecule has 0 atom stereocenters. The Balaban J connectivity index is 0.0000113. The second-order valence-corrected chi connectivity index (χ2v) is 17.8. The Bertz CT molecular complexity index is 3920. The molecule has 1 N–H and O–H groups in total. The van der Waals surface area contributed by atoms with Crippen LogP contribution in [0.2, 0.25) is 0 Å². The Kier molecular flexibility index (Phi) is 6.44. The quantitative estimate of drug-likeness (QED) is 0.169. The molecule has 330 valence electrons. The van der Waals surface area contributed by atoms with E-state index in [0.29, 0.717) is 33.9 Å². The number of phenolic OH excluding ortho intramolecular Hbond substituents is 1. The summed E-state index contributed by atoms with van der Waals surface area (Å²) >= 11 is 0. The van der Waals surface area contributed by atoms with Crippen molar-refractivity contribution in [2.24, 2.45) is 0 Å². The van der Waals surface area contributed by atoms with Crippen LogP contribution in [-0.4, -0.2) is 19.6 Å². The van der Waals surface area contributed by atoms with Gasteiger partial charge in [-0.1, -0.05) is 184 Å². The molecule has 6 aromatic carbocycles. The number of benzene rings is 6. The van der Waals surface area contributed by atoms with Gasteiger partial charge in [0, 0.05) is 67.3 Å². The third-order valence-electron chi connectivity index (χ3n) is 11.0. The van der Waals surface area contributed by atoms with E-state index in [2.05, 4.69) is 11.1 Å². The molecule has 2 heterocycles. The molecule has 0 saturated carbocycles. The van der Waals surface area contributed by atoms with Gasteiger partial charge in [-0.25, -0.2) is 4.98 Å². The molecule has 0 aliphatic rings. The van der Waals surface area contributed by atoms with Gasteiger partial charge in [0.25, 0.3) is 0 Å². The van der Waals surface area contributed by atoms with Crippen molar-refractivity contribution in [2.75, 3.05) is 0 Å². The fourth-order valence-electron chi connectivity index (χ4n) is 7.67. The first-order valence-electron chi connectivity index (χ1n) is 32.7. The summed E-state index contributed by atoms with van der Waals surface area (Å²) in [7, 11) is 0. The zero-order valence-electron chi connectivity index (χ0n) is 61.0. The normalized spacial score (nSPS) is 19.5. The van der Waals surface area contributed by atoms with Crippen LogP contribution in [0.3, 0.4) is 0 Å². The summed E-state index contributed by atoms with van der Waals surface area (Å²) in [4.78, 5) is 9.75. The van der Waals surface area contributed by atoms with Crippen LogP contribution in [0.4, 0.5) is 0 Å². The van der Waals surface area contributed by atoms with Crippen molar-refractivity contribution in [2.45, 2.75) is 111 Å². The molecule has 8 rings (SSSR count). The van der Waals surface area contributed by atoms with Crippen molar-refractivity contribution in [1.29, 1.82) is 0 Å². The minimum Gasteiger partial charge on any atom is -0.507 e. The van der Waals surface area contributed by atoms with Crippen LogP contribution in [-0.2, 0) is 42.7 Å². The van der Waals surface area contributed by atoms with E-state index in [0.717, 1.165) is 5.56 Å². The van der Waals surface area contributed by atoms with E-state index in [9.17, 15) is 5.11 Å². The minimum absolute atomic E-state index is 0. The fraction of sp³-hybridized carbons (Fsp3) is 0.288. The second-order valence-electron chi connectivity index (χ2n) is 17.8. The van der Waals surface area contributed by atoms with Crippen molar-refractivity contribution >= 4 is 11.0 Å². The maximum Gasteiger partial charge on any atom is 0.148 e. The first kappa shape index (κ1) is 24.1. The fourth-order valence-corrected chi connectivity index (χ4v) is 7.67. The van der Waals surface area contributed by atoms with E-state index in [4.69, 9.17) is 39.3 Å². The van der Waals surface area contributed by atoms with Crippen LogP contribution >= 0.6 is 0 Å². The smallest absolute Gasteiger partial charge is 0.148 e. The minimum atomic E-state index is -4.20. The molecule has 0 fully saturated rings. The topological polar surface area (TPSA) is 50.9 Å². The van der Waals surface area contributed by atoms with Gasteiger partial charge in [0.1, 0.15) is 11.6 Å². The Morgan fingerprint density at radius 3 is 1.95 bits per heavy atom. The summed E-state index contributed by atoms with van der Waals surface area (Å²) in [5.41, 5.74) is -9.98. The molecule has 0 bridgehead atoms. The predicted molar refractivity (Wildman–Crippen MR) is 266 cm³/mol. The Morgan fingerprint density at radius 2 is 1.28 bits per heavy atom. The van der Waals surface area contributed by atoms with Gasteiger partial charge in [-0.15, -0.1) is 29.3 Å². The van der Waals surface area contributed by atoms with Gasteiger partial charge in [-0.3, -0.25) is 9.55 Å². The molecule has 64 heavy (non-hydrogen) atoms. The number of aromatic nitrogens is 3. The maximum atomic E-state index is 13.1. The van der Waals surface area contributed by atoms with Gasteiger partial charge in [0.05, 0.1) is 27.8 Å². The third-order valence-corrected chi connectivity index (χ3v) is 11.0. The Hall–Kier alpha value is -5.57. The molecule has 5 heteroatoms. The van der Waals surface area contributed by atoms with Crippen LogP contribution in [0.15, 0.2) is 133 Å². The van der Waals surface area contributed by atoms with Crippen molar-refractivity contribution in [3.63, 3.8) is 0 Å².